The second kappa shape index (κ2) is 5.40. The topological polar surface area (TPSA) is 60.3 Å². The van der Waals surface area contributed by atoms with Crippen molar-refractivity contribution in [2.75, 3.05) is 13.2 Å². The summed E-state index contributed by atoms with van der Waals surface area (Å²) in [6.45, 7) is 1.23. The Labute approximate surface area is 117 Å². The second-order valence-electron chi connectivity index (χ2n) is 5.71. The number of amides is 1. The zero-order chi connectivity index (χ0) is 14.1. The van der Waals surface area contributed by atoms with Crippen molar-refractivity contribution in [2.45, 2.75) is 31.7 Å². The Morgan fingerprint density at radius 2 is 2.25 bits per heavy atom. The van der Waals surface area contributed by atoms with Crippen molar-refractivity contribution < 1.29 is 9.53 Å². The van der Waals surface area contributed by atoms with Crippen LogP contribution >= 0.6 is 0 Å². The summed E-state index contributed by atoms with van der Waals surface area (Å²) in [4.78, 5) is 23.7. The first-order valence-corrected chi connectivity index (χ1v) is 7.21. The molecule has 5 heteroatoms. The third-order valence-electron chi connectivity index (χ3n) is 4.38. The van der Waals surface area contributed by atoms with Crippen molar-refractivity contribution in [3.8, 4) is 0 Å². The predicted molar refractivity (Wildman–Crippen MR) is 74.6 cm³/mol. The van der Waals surface area contributed by atoms with Gasteiger partial charge in [0, 0.05) is 31.5 Å². The SMILES string of the molecule is Cn1c2c(ccc1=O)C[C@H](NC(=O)[C@H]1CCOC1)CC2. The second-order valence-corrected chi connectivity index (χ2v) is 5.71. The highest BCUT2D eigenvalue weighted by molar-refractivity contribution is 5.79. The van der Waals surface area contributed by atoms with Gasteiger partial charge < -0.3 is 14.6 Å². The number of ether oxygens (including phenoxy) is 1. The summed E-state index contributed by atoms with van der Waals surface area (Å²) in [6.07, 6.45) is 3.37. The molecular weight excluding hydrogens is 256 g/mol. The molecule has 2 aliphatic rings. The van der Waals surface area contributed by atoms with E-state index in [1.54, 1.807) is 10.6 Å². The Morgan fingerprint density at radius 1 is 1.40 bits per heavy atom. The van der Waals surface area contributed by atoms with Crippen LogP contribution in [0, 0.1) is 5.92 Å². The Bertz CT molecular complexity index is 573. The van der Waals surface area contributed by atoms with E-state index in [0.29, 0.717) is 13.2 Å². The first kappa shape index (κ1) is 13.4. The minimum Gasteiger partial charge on any atom is -0.381 e. The Balaban J connectivity index is 1.68. The van der Waals surface area contributed by atoms with E-state index in [2.05, 4.69) is 5.32 Å². The number of carbonyl (C=O) groups excluding carboxylic acids is 1. The van der Waals surface area contributed by atoms with Gasteiger partial charge in [-0.1, -0.05) is 6.07 Å². The third kappa shape index (κ3) is 2.50. The van der Waals surface area contributed by atoms with Gasteiger partial charge in [-0.25, -0.2) is 0 Å². The average molecular weight is 276 g/mol. The van der Waals surface area contributed by atoms with Crippen LogP contribution in [-0.4, -0.2) is 29.7 Å². The summed E-state index contributed by atoms with van der Waals surface area (Å²) >= 11 is 0. The van der Waals surface area contributed by atoms with Gasteiger partial charge in [0.1, 0.15) is 0 Å². The monoisotopic (exact) mass is 276 g/mol. The van der Waals surface area contributed by atoms with Crippen LogP contribution in [0.15, 0.2) is 16.9 Å². The van der Waals surface area contributed by atoms with E-state index >= 15 is 0 Å². The van der Waals surface area contributed by atoms with Crippen LogP contribution in [0.1, 0.15) is 24.1 Å². The van der Waals surface area contributed by atoms with Gasteiger partial charge in [0.2, 0.25) is 11.5 Å². The van der Waals surface area contributed by atoms with Crippen LogP contribution in [-0.2, 0) is 29.4 Å². The van der Waals surface area contributed by atoms with Crippen LogP contribution in [0.3, 0.4) is 0 Å². The maximum absolute atomic E-state index is 12.1. The number of nitrogens with one attached hydrogen (secondary N) is 1. The Kier molecular flexibility index (Phi) is 3.61. The molecule has 1 aliphatic heterocycles. The van der Waals surface area contributed by atoms with Gasteiger partial charge in [0.05, 0.1) is 12.5 Å². The number of nitrogens with zero attached hydrogens (tertiary/aromatic N) is 1. The number of rotatable bonds is 2. The molecule has 5 nitrogen and oxygen atoms in total. The lowest BCUT2D eigenvalue weighted by Crippen LogP contribution is -2.43. The fraction of sp³-hybridized carbons (Fsp3) is 0.600. The molecule has 108 valence electrons. The van der Waals surface area contributed by atoms with Crippen LogP contribution < -0.4 is 10.9 Å². The van der Waals surface area contributed by atoms with E-state index in [-0.39, 0.29) is 23.4 Å². The first-order chi connectivity index (χ1) is 9.65. The van der Waals surface area contributed by atoms with Crippen LogP contribution in [0.2, 0.25) is 0 Å². The van der Waals surface area contributed by atoms with Gasteiger partial charge in [-0.3, -0.25) is 9.59 Å². The molecule has 0 spiro atoms. The largest absolute Gasteiger partial charge is 0.381 e. The highest BCUT2D eigenvalue weighted by atomic mass is 16.5. The van der Waals surface area contributed by atoms with Crippen LogP contribution in [0.25, 0.3) is 0 Å². The quantitative estimate of drug-likeness (QED) is 0.850. The molecule has 3 rings (SSSR count). The number of hydrogen-bond acceptors (Lipinski definition) is 3. The fourth-order valence-electron chi connectivity index (χ4n) is 3.10. The van der Waals surface area contributed by atoms with Gasteiger partial charge in [0.15, 0.2) is 0 Å². The van der Waals surface area contributed by atoms with Gasteiger partial charge in [-0.15, -0.1) is 0 Å². The first-order valence-electron chi connectivity index (χ1n) is 7.21. The fourth-order valence-corrected chi connectivity index (χ4v) is 3.10. The molecule has 1 aromatic rings. The minimum absolute atomic E-state index is 0.0107. The predicted octanol–water partition coefficient (Wildman–Crippen LogP) is 0.395. The molecule has 1 N–H and O–H groups in total. The molecule has 1 aromatic heterocycles. The van der Waals surface area contributed by atoms with E-state index in [1.165, 1.54) is 5.56 Å². The Hall–Kier alpha value is -1.62. The van der Waals surface area contributed by atoms with E-state index in [0.717, 1.165) is 31.4 Å². The van der Waals surface area contributed by atoms with Crippen molar-refractivity contribution in [2.24, 2.45) is 13.0 Å². The number of aromatic nitrogens is 1. The number of fused-ring (bicyclic) bond motifs is 1. The molecule has 0 unspecified atom stereocenters. The van der Waals surface area contributed by atoms with Crippen LogP contribution in [0.4, 0.5) is 0 Å². The number of pyridine rings is 1. The van der Waals surface area contributed by atoms with E-state index in [1.807, 2.05) is 13.1 Å². The van der Waals surface area contributed by atoms with Crippen molar-refractivity contribution in [3.05, 3.63) is 33.7 Å². The van der Waals surface area contributed by atoms with Gasteiger partial charge >= 0.3 is 0 Å². The highest BCUT2D eigenvalue weighted by Gasteiger charge is 2.27. The van der Waals surface area contributed by atoms with Crippen molar-refractivity contribution in [1.29, 1.82) is 0 Å². The summed E-state index contributed by atoms with van der Waals surface area (Å²) in [6, 6.07) is 3.68. The summed E-state index contributed by atoms with van der Waals surface area (Å²) in [5, 5.41) is 3.13. The van der Waals surface area contributed by atoms with Gasteiger partial charge in [0.25, 0.3) is 0 Å². The number of carbonyl (C=O) groups is 1. The third-order valence-corrected chi connectivity index (χ3v) is 4.38. The molecule has 2 atom stereocenters. The summed E-state index contributed by atoms with van der Waals surface area (Å²) < 4.78 is 6.97. The summed E-state index contributed by atoms with van der Waals surface area (Å²) in [5.74, 6) is 0.122. The molecule has 1 amide bonds. The Morgan fingerprint density at radius 3 is 3.00 bits per heavy atom. The molecule has 20 heavy (non-hydrogen) atoms. The standard InChI is InChI=1S/C15H20N2O3/c1-17-13-4-3-12(8-10(13)2-5-14(17)18)16-15(19)11-6-7-20-9-11/h2,5,11-12H,3-4,6-9H2,1H3,(H,16,19)/t11-,12+/m0/s1. The van der Waals surface area contributed by atoms with Gasteiger partial charge in [-0.05, 0) is 31.2 Å². The lowest BCUT2D eigenvalue weighted by Gasteiger charge is -2.27. The van der Waals surface area contributed by atoms with Crippen molar-refractivity contribution in [3.63, 3.8) is 0 Å². The van der Waals surface area contributed by atoms with E-state index in [9.17, 15) is 9.59 Å². The summed E-state index contributed by atoms with van der Waals surface area (Å²) in [7, 11) is 1.82. The molecule has 2 heterocycles. The summed E-state index contributed by atoms with van der Waals surface area (Å²) in [5.41, 5.74) is 2.31. The number of hydrogen-bond donors (Lipinski definition) is 1. The lowest BCUT2D eigenvalue weighted by atomic mass is 9.91. The van der Waals surface area contributed by atoms with E-state index < -0.39 is 0 Å². The molecule has 1 fully saturated rings. The molecule has 0 bridgehead atoms. The zero-order valence-corrected chi connectivity index (χ0v) is 11.7. The molecule has 1 saturated heterocycles. The van der Waals surface area contributed by atoms with Crippen molar-refractivity contribution >= 4 is 5.91 Å². The molecule has 0 radical (unpaired) electrons. The van der Waals surface area contributed by atoms with Gasteiger partial charge in [-0.2, -0.15) is 0 Å². The minimum atomic E-state index is 0.0107. The normalized spacial score (nSPS) is 25.2. The van der Waals surface area contributed by atoms with E-state index in [4.69, 9.17) is 4.74 Å². The maximum atomic E-state index is 12.1. The molecule has 1 aliphatic carbocycles. The lowest BCUT2D eigenvalue weighted by molar-refractivity contribution is -0.125. The maximum Gasteiger partial charge on any atom is 0.250 e. The molecule has 0 aromatic carbocycles. The highest BCUT2D eigenvalue weighted by Crippen LogP contribution is 2.20. The average Bonchev–Trinajstić information content (AvgIpc) is 2.97. The zero-order valence-electron chi connectivity index (χ0n) is 11.7. The molecule has 0 saturated carbocycles. The van der Waals surface area contributed by atoms with Crippen molar-refractivity contribution in [1.82, 2.24) is 9.88 Å². The van der Waals surface area contributed by atoms with Crippen LogP contribution in [0.5, 0.6) is 0 Å². The smallest absolute Gasteiger partial charge is 0.250 e. The molecular formula is C15H20N2O3.